The molecule has 25 heavy (non-hydrogen) atoms. The van der Waals surface area contributed by atoms with Crippen LogP contribution in [0.25, 0.3) is 4.96 Å². The van der Waals surface area contributed by atoms with Crippen LogP contribution < -0.4 is 4.74 Å². The summed E-state index contributed by atoms with van der Waals surface area (Å²) in [5.41, 5.74) is 0. The molecule has 0 saturated carbocycles. The summed E-state index contributed by atoms with van der Waals surface area (Å²) in [5.74, 6) is 2.04. The molecule has 0 spiro atoms. The van der Waals surface area contributed by atoms with E-state index in [-0.39, 0.29) is 0 Å². The summed E-state index contributed by atoms with van der Waals surface area (Å²) in [5, 5.41) is 23.3. The lowest BCUT2D eigenvalue weighted by molar-refractivity contribution is 0.304. The fourth-order valence-electron chi connectivity index (χ4n) is 2.01. The normalized spacial score (nSPS) is 11.3. The number of hydrogen-bond acceptors (Lipinski definition) is 9. The van der Waals surface area contributed by atoms with Crippen LogP contribution in [0.5, 0.6) is 5.75 Å². The molecule has 0 amide bonds. The van der Waals surface area contributed by atoms with Crippen LogP contribution in [-0.2, 0) is 12.4 Å². The average molecular weight is 411 g/mol. The molecule has 0 N–H and O–H groups in total. The number of thioether (sulfide) groups is 1. The van der Waals surface area contributed by atoms with Crippen LogP contribution in [0.2, 0.25) is 5.02 Å². The van der Waals surface area contributed by atoms with Crippen molar-refractivity contribution < 1.29 is 4.74 Å². The van der Waals surface area contributed by atoms with Crippen molar-refractivity contribution >= 4 is 51.0 Å². The molecule has 0 bridgehead atoms. The van der Waals surface area contributed by atoms with Gasteiger partial charge in [0.2, 0.25) is 4.96 Å². The molecular formula is C14H11ClN6OS3. The third-order valence-corrected chi connectivity index (χ3v) is 6.27. The van der Waals surface area contributed by atoms with E-state index in [1.165, 1.54) is 11.3 Å². The summed E-state index contributed by atoms with van der Waals surface area (Å²) in [6.07, 6.45) is 0. The van der Waals surface area contributed by atoms with E-state index in [4.69, 9.17) is 16.3 Å². The van der Waals surface area contributed by atoms with Crippen LogP contribution >= 0.6 is 46.0 Å². The van der Waals surface area contributed by atoms with Gasteiger partial charge in [0.15, 0.2) is 15.2 Å². The average Bonchev–Trinajstić information content (AvgIpc) is 3.28. The summed E-state index contributed by atoms with van der Waals surface area (Å²) in [4.78, 5) is 0.738. The number of fused-ring (bicyclic) bond motifs is 1. The van der Waals surface area contributed by atoms with Gasteiger partial charge in [-0.05, 0) is 19.1 Å². The molecule has 11 heteroatoms. The molecule has 4 rings (SSSR count). The van der Waals surface area contributed by atoms with E-state index in [1.807, 2.05) is 25.1 Å². The van der Waals surface area contributed by atoms with Crippen LogP contribution in [0, 0.1) is 6.92 Å². The maximum absolute atomic E-state index is 6.09. The van der Waals surface area contributed by atoms with Crippen molar-refractivity contribution in [3.05, 3.63) is 45.1 Å². The van der Waals surface area contributed by atoms with Crippen molar-refractivity contribution in [2.24, 2.45) is 0 Å². The second-order valence-corrected chi connectivity index (χ2v) is 8.75. The predicted molar refractivity (Wildman–Crippen MR) is 98.7 cm³/mol. The molecule has 3 aromatic heterocycles. The second-order valence-electron chi connectivity index (χ2n) is 4.90. The minimum absolute atomic E-state index is 0.333. The van der Waals surface area contributed by atoms with Crippen LogP contribution in [0.3, 0.4) is 0 Å². The monoisotopic (exact) mass is 410 g/mol. The summed E-state index contributed by atoms with van der Waals surface area (Å²) in [7, 11) is 0. The smallest absolute Gasteiger partial charge is 0.234 e. The van der Waals surface area contributed by atoms with Gasteiger partial charge < -0.3 is 4.74 Å². The lowest BCUT2D eigenvalue weighted by atomic mass is 10.3. The molecular weight excluding hydrogens is 400 g/mol. The first-order valence-electron chi connectivity index (χ1n) is 7.19. The topological polar surface area (TPSA) is 78.1 Å². The zero-order valence-electron chi connectivity index (χ0n) is 12.9. The third-order valence-electron chi connectivity index (χ3n) is 3.12. The quantitative estimate of drug-likeness (QED) is 0.446. The van der Waals surface area contributed by atoms with Crippen LogP contribution in [-0.4, -0.2) is 30.0 Å². The van der Waals surface area contributed by atoms with E-state index in [0.29, 0.717) is 23.1 Å². The van der Waals surface area contributed by atoms with E-state index in [9.17, 15) is 0 Å². The molecule has 4 aromatic rings. The number of aromatic nitrogens is 6. The molecule has 0 aliphatic rings. The maximum Gasteiger partial charge on any atom is 0.234 e. The lowest BCUT2D eigenvalue weighted by Crippen LogP contribution is -1.99. The van der Waals surface area contributed by atoms with Gasteiger partial charge in [-0.2, -0.15) is 9.61 Å². The molecule has 7 nitrogen and oxygen atoms in total. The molecule has 128 valence electrons. The van der Waals surface area contributed by atoms with E-state index in [0.717, 1.165) is 25.1 Å². The highest BCUT2D eigenvalue weighted by atomic mass is 35.5. The van der Waals surface area contributed by atoms with Crippen molar-refractivity contribution in [2.75, 3.05) is 0 Å². The number of rotatable bonds is 6. The Morgan fingerprint density at radius 3 is 2.84 bits per heavy atom. The number of hydrogen-bond donors (Lipinski definition) is 0. The highest BCUT2D eigenvalue weighted by Gasteiger charge is 2.14. The fraction of sp³-hybridized carbons (Fsp3) is 0.214. The first-order chi connectivity index (χ1) is 12.2. The number of ether oxygens (including phenoxy) is 1. The summed E-state index contributed by atoms with van der Waals surface area (Å²) >= 11 is 10.7. The van der Waals surface area contributed by atoms with Gasteiger partial charge in [-0.25, -0.2) is 0 Å². The zero-order chi connectivity index (χ0) is 17.2. The second kappa shape index (κ2) is 7.24. The molecule has 0 unspecified atom stereocenters. The Hall–Kier alpha value is -1.75. The van der Waals surface area contributed by atoms with E-state index in [2.05, 4.69) is 25.5 Å². The van der Waals surface area contributed by atoms with E-state index in [1.54, 1.807) is 33.7 Å². The van der Waals surface area contributed by atoms with Crippen LogP contribution in [0.4, 0.5) is 0 Å². The van der Waals surface area contributed by atoms with Crippen LogP contribution in [0.1, 0.15) is 15.8 Å². The standard InChI is InChI=1S/C14H11ClN6OS3/c1-8-16-19-14(24-8)23-7-11-17-18-13-21(11)20-12(25-13)6-22-10-5-3-2-4-9(10)15/h2-5H,6-7H2,1H3. The van der Waals surface area contributed by atoms with Crippen molar-refractivity contribution in [3.63, 3.8) is 0 Å². The SMILES string of the molecule is Cc1nnc(SCc2nnc3sc(COc4ccccc4Cl)nn23)s1. The third kappa shape index (κ3) is 3.76. The predicted octanol–water partition coefficient (Wildman–Crippen LogP) is 3.87. The summed E-state index contributed by atoms with van der Waals surface area (Å²) in [6, 6.07) is 7.36. The van der Waals surface area contributed by atoms with Crippen LogP contribution in [0.15, 0.2) is 28.6 Å². The molecule has 3 heterocycles. The molecule has 0 fully saturated rings. The zero-order valence-corrected chi connectivity index (χ0v) is 16.1. The Balaban J connectivity index is 1.45. The number of para-hydroxylation sites is 1. The molecule has 1 aromatic carbocycles. The first kappa shape index (κ1) is 16.7. The minimum Gasteiger partial charge on any atom is -0.485 e. The highest BCUT2D eigenvalue weighted by molar-refractivity contribution is 8.00. The number of benzene rings is 1. The largest absolute Gasteiger partial charge is 0.485 e. The summed E-state index contributed by atoms with van der Waals surface area (Å²) < 4.78 is 8.38. The highest BCUT2D eigenvalue weighted by Crippen LogP contribution is 2.27. The lowest BCUT2D eigenvalue weighted by Gasteiger charge is -2.04. The van der Waals surface area contributed by atoms with E-state index >= 15 is 0 Å². The first-order valence-corrected chi connectivity index (χ1v) is 10.2. The van der Waals surface area contributed by atoms with Crippen molar-refractivity contribution in [3.8, 4) is 5.75 Å². The van der Waals surface area contributed by atoms with Crippen molar-refractivity contribution in [2.45, 2.75) is 23.6 Å². The van der Waals surface area contributed by atoms with Crippen molar-refractivity contribution in [1.82, 2.24) is 30.0 Å². The Bertz CT molecular complexity index is 1010. The van der Waals surface area contributed by atoms with Gasteiger partial charge in [0.05, 0.1) is 10.8 Å². The number of halogens is 1. The molecule has 0 radical (unpaired) electrons. The molecule has 0 saturated heterocycles. The molecule has 0 aliphatic carbocycles. The molecule has 0 atom stereocenters. The van der Waals surface area contributed by atoms with Crippen molar-refractivity contribution in [1.29, 1.82) is 0 Å². The fourth-order valence-corrected chi connectivity index (χ4v) is 4.69. The Kier molecular flexibility index (Phi) is 4.84. The maximum atomic E-state index is 6.09. The Labute approximate surface area is 160 Å². The van der Waals surface area contributed by atoms with Gasteiger partial charge in [-0.3, -0.25) is 0 Å². The molecule has 0 aliphatic heterocycles. The van der Waals surface area contributed by atoms with Gasteiger partial charge in [0.1, 0.15) is 17.4 Å². The minimum atomic E-state index is 0.333. The van der Waals surface area contributed by atoms with Gasteiger partial charge in [0, 0.05) is 0 Å². The van der Waals surface area contributed by atoms with Gasteiger partial charge >= 0.3 is 0 Å². The summed E-state index contributed by atoms with van der Waals surface area (Å²) in [6.45, 7) is 2.27. The van der Waals surface area contributed by atoms with E-state index < -0.39 is 0 Å². The van der Waals surface area contributed by atoms with Gasteiger partial charge in [0.25, 0.3) is 0 Å². The Morgan fingerprint density at radius 2 is 2.04 bits per heavy atom. The number of aryl methyl sites for hydroxylation is 1. The van der Waals surface area contributed by atoms with Gasteiger partial charge in [-0.15, -0.1) is 20.4 Å². The number of nitrogens with zero attached hydrogens (tertiary/aromatic N) is 6. The van der Waals surface area contributed by atoms with Gasteiger partial charge in [-0.1, -0.05) is 58.2 Å². The Morgan fingerprint density at radius 1 is 1.16 bits per heavy atom.